The van der Waals surface area contributed by atoms with Crippen LogP contribution in [0.25, 0.3) is 0 Å². The minimum atomic E-state index is -2.65. The van der Waals surface area contributed by atoms with Crippen LogP contribution in [0.1, 0.15) is 26.2 Å². The number of benzene rings is 1. The van der Waals surface area contributed by atoms with Gasteiger partial charge in [0.2, 0.25) is 0 Å². The topological polar surface area (TPSA) is 63.5 Å². The second kappa shape index (κ2) is 9.69. The Morgan fingerprint density at radius 2 is 2.00 bits per heavy atom. The summed E-state index contributed by atoms with van der Waals surface area (Å²) >= 11 is 0. The van der Waals surface area contributed by atoms with Crippen molar-refractivity contribution in [3.8, 4) is 5.75 Å². The lowest BCUT2D eigenvalue weighted by Crippen LogP contribution is -2.41. The summed E-state index contributed by atoms with van der Waals surface area (Å²) in [5.41, 5.74) is 0. The third-order valence-corrected chi connectivity index (χ3v) is 3.39. The summed E-state index contributed by atoms with van der Waals surface area (Å²) < 4.78 is 45.0. The molecule has 2 rings (SSSR count). The molecule has 142 valence electrons. The van der Waals surface area contributed by atoms with Crippen molar-refractivity contribution in [2.24, 2.45) is 4.99 Å². The van der Waals surface area contributed by atoms with Gasteiger partial charge in [0.05, 0.1) is 6.54 Å². The first kappa shape index (κ1) is 19.6. The summed E-state index contributed by atoms with van der Waals surface area (Å²) in [5.74, 6) is 0.868. The summed E-state index contributed by atoms with van der Waals surface area (Å²) in [4.78, 5) is 8.15. The van der Waals surface area contributed by atoms with Gasteiger partial charge in [-0.1, -0.05) is 0 Å². The van der Waals surface area contributed by atoms with E-state index in [0.29, 0.717) is 24.8 Å². The molecule has 0 radical (unpaired) electrons. The molecule has 2 N–H and O–H groups in total. The molecule has 0 fully saturated rings. The molecular formula is C17H22F3N5O. The first-order chi connectivity index (χ1) is 12.5. The van der Waals surface area contributed by atoms with Gasteiger partial charge in [-0.2, -0.15) is 8.78 Å². The van der Waals surface area contributed by atoms with E-state index < -0.39 is 6.55 Å². The highest BCUT2D eigenvalue weighted by atomic mass is 19.3. The normalized spacial score (nSPS) is 12.9. The molecule has 0 aliphatic heterocycles. The molecule has 1 aromatic heterocycles. The summed E-state index contributed by atoms with van der Waals surface area (Å²) in [6.45, 7) is 2.15. The molecule has 0 saturated heterocycles. The lowest BCUT2D eigenvalue weighted by Gasteiger charge is -2.17. The van der Waals surface area contributed by atoms with Gasteiger partial charge in [0.15, 0.2) is 5.96 Å². The molecule has 0 amide bonds. The van der Waals surface area contributed by atoms with Gasteiger partial charge in [-0.05, 0) is 38.1 Å². The molecule has 1 heterocycles. The standard InChI is InChI=1S/C17H22F3N5O/c1-3-21-17(24-11-15-22-8-9-25(15)16(19)20)23-10-12(2)26-14-6-4-13(18)5-7-14/h4-9,12,16H,3,10-11H2,1-2H3,(H2,21,23,24). The Morgan fingerprint density at radius 3 is 2.65 bits per heavy atom. The Morgan fingerprint density at radius 1 is 1.27 bits per heavy atom. The smallest absolute Gasteiger partial charge is 0.319 e. The number of hydrogen-bond acceptors (Lipinski definition) is 3. The summed E-state index contributed by atoms with van der Waals surface area (Å²) in [7, 11) is 0. The number of nitrogens with zero attached hydrogens (tertiary/aromatic N) is 3. The van der Waals surface area contributed by atoms with Crippen LogP contribution in [0.15, 0.2) is 41.7 Å². The summed E-state index contributed by atoms with van der Waals surface area (Å²) in [5, 5.41) is 6.11. The number of halogens is 3. The van der Waals surface area contributed by atoms with Gasteiger partial charge in [-0.25, -0.2) is 14.4 Å². The van der Waals surface area contributed by atoms with Crippen LogP contribution in [-0.4, -0.2) is 34.7 Å². The molecule has 0 spiro atoms. The molecular weight excluding hydrogens is 347 g/mol. The zero-order valence-corrected chi connectivity index (χ0v) is 14.6. The van der Waals surface area contributed by atoms with E-state index in [1.54, 1.807) is 12.1 Å². The Labute approximate surface area is 150 Å². The van der Waals surface area contributed by atoms with E-state index in [0.717, 1.165) is 4.57 Å². The van der Waals surface area contributed by atoms with Gasteiger partial charge >= 0.3 is 6.55 Å². The third-order valence-electron chi connectivity index (χ3n) is 3.39. The molecule has 1 atom stereocenters. The van der Waals surface area contributed by atoms with Gasteiger partial charge < -0.3 is 15.4 Å². The van der Waals surface area contributed by atoms with Gasteiger partial charge in [0.1, 0.15) is 30.0 Å². The number of rotatable bonds is 8. The van der Waals surface area contributed by atoms with Crippen LogP contribution in [0.4, 0.5) is 13.2 Å². The van der Waals surface area contributed by atoms with Crippen molar-refractivity contribution in [1.82, 2.24) is 20.2 Å². The first-order valence-electron chi connectivity index (χ1n) is 8.23. The van der Waals surface area contributed by atoms with Crippen LogP contribution in [0.2, 0.25) is 0 Å². The fourth-order valence-electron chi connectivity index (χ4n) is 2.16. The fraction of sp³-hybridized carbons (Fsp3) is 0.412. The quantitative estimate of drug-likeness (QED) is 0.555. The summed E-state index contributed by atoms with van der Waals surface area (Å²) in [6, 6.07) is 5.75. The van der Waals surface area contributed by atoms with Crippen LogP contribution in [-0.2, 0) is 6.54 Å². The lowest BCUT2D eigenvalue weighted by molar-refractivity contribution is 0.0671. The van der Waals surface area contributed by atoms with E-state index in [1.807, 2.05) is 13.8 Å². The van der Waals surface area contributed by atoms with Crippen molar-refractivity contribution >= 4 is 5.96 Å². The van der Waals surface area contributed by atoms with Crippen molar-refractivity contribution in [1.29, 1.82) is 0 Å². The van der Waals surface area contributed by atoms with Crippen molar-refractivity contribution in [2.75, 3.05) is 13.1 Å². The molecule has 0 aliphatic carbocycles. The maximum Gasteiger partial charge on any atom is 0.319 e. The summed E-state index contributed by atoms with van der Waals surface area (Å²) in [6.07, 6.45) is 2.32. The molecule has 1 unspecified atom stereocenters. The predicted molar refractivity (Wildman–Crippen MR) is 92.8 cm³/mol. The highest BCUT2D eigenvalue weighted by Crippen LogP contribution is 2.13. The fourth-order valence-corrected chi connectivity index (χ4v) is 2.16. The van der Waals surface area contributed by atoms with E-state index in [4.69, 9.17) is 4.74 Å². The molecule has 0 saturated carbocycles. The molecule has 6 nitrogen and oxygen atoms in total. The van der Waals surface area contributed by atoms with Crippen molar-refractivity contribution in [3.63, 3.8) is 0 Å². The van der Waals surface area contributed by atoms with E-state index in [9.17, 15) is 13.2 Å². The van der Waals surface area contributed by atoms with Crippen molar-refractivity contribution in [2.45, 2.75) is 33.0 Å². The maximum absolute atomic E-state index is 12.9. The van der Waals surface area contributed by atoms with Crippen molar-refractivity contribution < 1.29 is 17.9 Å². The Kier molecular flexibility index (Phi) is 7.31. The van der Waals surface area contributed by atoms with Crippen LogP contribution in [0, 0.1) is 5.82 Å². The SMILES string of the molecule is CCNC(=NCc1nccn1C(F)F)NCC(C)Oc1ccc(F)cc1. The van der Waals surface area contributed by atoms with Crippen LogP contribution >= 0.6 is 0 Å². The molecule has 26 heavy (non-hydrogen) atoms. The van der Waals surface area contributed by atoms with E-state index in [1.165, 1.54) is 24.5 Å². The number of aromatic nitrogens is 2. The van der Waals surface area contributed by atoms with Crippen LogP contribution in [0.3, 0.4) is 0 Å². The molecule has 9 heteroatoms. The number of alkyl halides is 2. The number of aliphatic imine (C=N–C) groups is 1. The first-order valence-corrected chi connectivity index (χ1v) is 8.23. The zero-order chi connectivity index (χ0) is 18.9. The zero-order valence-electron chi connectivity index (χ0n) is 14.6. The maximum atomic E-state index is 12.9. The second-order valence-corrected chi connectivity index (χ2v) is 5.49. The van der Waals surface area contributed by atoms with Gasteiger partial charge in [-0.15, -0.1) is 0 Å². The van der Waals surface area contributed by atoms with E-state index in [2.05, 4.69) is 20.6 Å². The van der Waals surface area contributed by atoms with E-state index >= 15 is 0 Å². The highest BCUT2D eigenvalue weighted by molar-refractivity contribution is 5.79. The Bertz CT molecular complexity index is 703. The van der Waals surface area contributed by atoms with Gasteiger partial charge in [0.25, 0.3) is 0 Å². The van der Waals surface area contributed by atoms with Gasteiger partial charge in [0, 0.05) is 18.9 Å². The third kappa shape index (κ3) is 5.98. The average Bonchev–Trinajstić information content (AvgIpc) is 3.08. The highest BCUT2D eigenvalue weighted by Gasteiger charge is 2.11. The van der Waals surface area contributed by atoms with Crippen LogP contribution in [0.5, 0.6) is 5.75 Å². The molecule has 0 bridgehead atoms. The Hall–Kier alpha value is -2.71. The number of guanidine groups is 1. The number of nitrogens with one attached hydrogen (secondary N) is 2. The second-order valence-electron chi connectivity index (χ2n) is 5.49. The minimum Gasteiger partial charge on any atom is -0.489 e. The number of hydrogen-bond donors (Lipinski definition) is 2. The minimum absolute atomic E-state index is 0.0138. The van der Waals surface area contributed by atoms with Gasteiger partial charge in [-0.3, -0.25) is 4.57 Å². The average molecular weight is 369 g/mol. The lowest BCUT2D eigenvalue weighted by atomic mass is 10.3. The van der Waals surface area contributed by atoms with E-state index in [-0.39, 0.29) is 24.3 Å². The number of imidazole rings is 1. The molecule has 2 aromatic rings. The number of ether oxygens (including phenoxy) is 1. The van der Waals surface area contributed by atoms with Crippen LogP contribution < -0.4 is 15.4 Å². The van der Waals surface area contributed by atoms with Crippen molar-refractivity contribution in [3.05, 3.63) is 48.3 Å². The Balaban J connectivity index is 1.90. The monoisotopic (exact) mass is 369 g/mol. The predicted octanol–water partition coefficient (Wildman–Crippen LogP) is 2.94. The largest absolute Gasteiger partial charge is 0.489 e. The molecule has 0 aliphatic rings. The molecule has 1 aromatic carbocycles.